The van der Waals surface area contributed by atoms with E-state index in [1.54, 1.807) is 30.3 Å². The number of carbonyl (C=O) groups is 1. The van der Waals surface area contributed by atoms with Gasteiger partial charge in [-0.1, -0.05) is 35.3 Å². The topological polar surface area (TPSA) is 122 Å². The largest absolute Gasteiger partial charge is 0.320 e. The number of aromatic nitrogens is 2. The molecule has 0 atom stereocenters. The van der Waals surface area contributed by atoms with Crippen molar-refractivity contribution in [3.8, 4) is 6.07 Å². The third-order valence-corrected chi connectivity index (χ3v) is 5.58. The number of carbonyl (C=O) groups excluding carboxylic acids is 1. The molecule has 8 nitrogen and oxygen atoms in total. The summed E-state index contributed by atoms with van der Waals surface area (Å²) in [6, 6.07) is 12.4. The molecule has 1 heterocycles. The molecule has 11 heteroatoms. The van der Waals surface area contributed by atoms with Crippen molar-refractivity contribution in [3.05, 3.63) is 86.2 Å². The molecular weight excluding hydrogens is 461 g/mol. The van der Waals surface area contributed by atoms with Crippen LogP contribution in [-0.2, 0) is 4.79 Å². The average Bonchev–Trinajstić information content (AvgIpc) is 2.76. The number of nitro benzene ring substituents is 1. The second-order valence-electron chi connectivity index (χ2n) is 5.84. The van der Waals surface area contributed by atoms with Crippen LogP contribution in [0.4, 0.5) is 11.4 Å². The highest BCUT2D eigenvalue weighted by molar-refractivity contribution is 7.99. The van der Waals surface area contributed by atoms with Gasteiger partial charge in [0.05, 0.1) is 25.6 Å². The maximum atomic E-state index is 12.5. The summed E-state index contributed by atoms with van der Waals surface area (Å²) in [5.41, 5.74) is 0.0637. The number of amides is 1. The van der Waals surface area contributed by atoms with Gasteiger partial charge in [-0.15, -0.1) is 0 Å². The van der Waals surface area contributed by atoms with Crippen LogP contribution in [0.5, 0.6) is 0 Å². The smallest absolute Gasteiger partial charge is 0.283 e. The third kappa shape index (κ3) is 5.58. The van der Waals surface area contributed by atoms with Gasteiger partial charge in [0.1, 0.15) is 11.6 Å². The Bertz CT molecular complexity index is 1230. The lowest BCUT2D eigenvalue weighted by atomic mass is 10.1. The van der Waals surface area contributed by atoms with E-state index in [1.807, 2.05) is 0 Å². The molecule has 154 valence electrons. The maximum Gasteiger partial charge on any atom is 0.283 e. The van der Waals surface area contributed by atoms with Crippen molar-refractivity contribution in [2.75, 3.05) is 5.32 Å². The summed E-state index contributed by atoms with van der Waals surface area (Å²) in [4.78, 5) is 31.8. The minimum Gasteiger partial charge on any atom is -0.320 e. The highest BCUT2D eigenvalue weighted by Crippen LogP contribution is 2.34. The molecule has 1 amide bonds. The summed E-state index contributed by atoms with van der Waals surface area (Å²) in [5.74, 6) is -0.731. The Morgan fingerprint density at radius 2 is 1.94 bits per heavy atom. The number of nitrogens with one attached hydrogen (secondary N) is 1. The van der Waals surface area contributed by atoms with Crippen molar-refractivity contribution in [1.29, 1.82) is 5.26 Å². The van der Waals surface area contributed by atoms with Gasteiger partial charge in [0, 0.05) is 18.5 Å². The molecule has 0 aliphatic heterocycles. The molecule has 0 aliphatic rings. The van der Waals surface area contributed by atoms with Crippen LogP contribution in [-0.4, -0.2) is 20.8 Å². The minimum atomic E-state index is -0.731. The van der Waals surface area contributed by atoms with Crippen molar-refractivity contribution < 1.29 is 9.72 Å². The Morgan fingerprint density at radius 1 is 1.19 bits per heavy atom. The van der Waals surface area contributed by atoms with Crippen molar-refractivity contribution in [2.24, 2.45) is 0 Å². The Kier molecular flexibility index (Phi) is 7.20. The van der Waals surface area contributed by atoms with Crippen LogP contribution < -0.4 is 5.32 Å². The number of rotatable bonds is 6. The molecule has 2 aromatic carbocycles. The molecule has 0 spiro atoms. The SMILES string of the molecule is N#C/C(=C\c1ccc(Sc2ncccn2)c([N+](=O)[O-])c1)C(=O)Nc1cccc(Cl)c1Cl. The van der Waals surface area contributed by atoms with E-state index in [2.05, 4.69) is 15.3 Å². The number of benzene rings is 2. The molecule has 0 aliphatic carbocycles. The van der Waals surface area contributed by atoms with E-state index in [1.165, 1.54) is 36.7 Å². The van der Waals surface area contributed by atoms with E-state index < -0.39 is 10.8 Å². The first-order valence-electron chi connectivity index (χ1n) is 8.49. The van der Waals surface area contributed by atoms with Gasteiger partial charge in [0.25, 0.3) is 11.6 Å². The average molecular weight is 472 g/mol. The highest BCUT2D eigenvalue weighted by Gasteiger charge is 2.18. The molecule has 1 aromatic heterocycles. The summed E-state index contributed by atoms with van der Waals surface area (Å²) in [5, 5.41) is 24.2. The fraction of sp³-hybridized carbons (Fsp3) is 0. The number of hydrogen-bond donors (Lipinski definition) is 1. The van der Waals surface area contributed by atoms with E-state index in [0.717, 1.165) is 11.8 Å². The van der Waals surface area contributed by atoms with E-state index in [0.29, 0.717) is 15.6 Å². The highest BCUT2D eigenvalue weighted by atomic mass is 35.5. The number of nitriles is 1. The fourth-order valence-corrected chi connectivity index (χ4v) is 3.54. The molecule has 0 bridgehead atoms. The summed E-state index contributed by atoms with van der Waals surface area (Å²) in [6.07, 6.45) is 4.30. The number of halogens is 2. The van der Waals surface area contributed by atoms with Gasteiger partial charge in [-0.2, -0.15) is 5.26 Å². The van der Waals surface area contributed by atoms with Crippen LogP contribution in [0.1, 0.15) is 5.56 Å². The van der Waals surface area contributed by atoms with Crippen LogP contribution in [0.25, 0.3) is 6.08 Å². The molecule has 0 saturated carbocycles. The lowest BCUT2D eigenvalue weighted by Gasteiger charge is -2.07. The van der Waals surface area contributed by atoms with E-state index in [-0.39, 0.29) is 27.0 Å². The van der Waals surface area contributed by atoms with Crippen molar-refractivity contribution in [1.82, 2.24) is 9.97 Å². The zero-order valence-corrected chi connectivity index (χ0v) is 17.8. The molecule has 3 aromatic rings. The maximum absolute atomic E-state index is 12.5. The van der Waals surface area contributed by atoms with Gasteiger partial charge >= 0.3 is 0 Å². The van der Waals surface area contributed by atoms with Crippen LogP contribution in [0, 0.1) is 21.4 Å². The molecule has 3 rings (SSSR count). The van der Waals surface area contributed by atoms with Crippen LogP contribution in [0.3, 0.4) is 0 Å². The molecule has 0 unspecified atom stereocenters. The molecule has 0 fully saturated rings. The number of anilines is 1. The molecular formula is C20H11Cl2N5O3S. The Morgan fingerprint density at radius 3 is 2.61 bits per heavy atom. The quantitative estimate of drug-likeness (QED) is 0.168. The van der Waals surface area contributed by atoms with E-state index >= 15 is 0 Å². The normalized spacial score (nSPS) is 10.9. The van der Waals surface area contributed by atoms with Crippen LogP contribution >= 0.6 is 35.0 Å². The fourth-order valence-electron chi connectivity index (χ4n) is 2.39. The van der Waals surface area contributed by atoms with Gasteiger partial charge < -0.3 is 5.32 Å². The summed E-state index contributed by atoms with van der Waals surface area (Å²) in [7, 11) is 0. The second-order valence-corrected chi connectivity index (χ2v) is 7.64. The van der Waals surface area contributed by atoms with E-state index in [4.69, 9.17) is 23.2 Å². The molecule has 0 radical (unpaired) electrons. The van der Waals surface area contributed by atoms with Crippen molar-refractivity contribution in [2.45, 2.75) is 10.1 Å². The first kappa shape index (κ1) is 22.2. The standard InChI is InChI=1S/C20H11Cl2N5O3S/c21-14-3-1-4-15(18(14)22)26-19(28)13(11-23)9-12-5-6-17(16(10-12)27(29)30)31-20-24-7-2-8-25-20/h1-10H,(H,26,28)/b13-9+. The third-order valence-electron chi connectivity index (χ3n) is 3.80. The Hall–Kier alpha value is -3.45. The van der Waals surface area contributed by atoms with Gasteiger partial charge in [0.15, 0.2) is 5.16 Å². The minimum absolute atomic E-state index is 0.134. The number of nitro groups is 1. The lowest BCUT2D eigenvalue weighted by molar-refractivity contribution is -0.387. The van der Waals surface area contributed by atoms with Crippen LogP contribution in [0.15, 0.2) is 70.5 Å². The van der Waals surface area contributed by atoms with Crippen molar-refractivity contribution in [3.63, 3.8) is 0 Å². The van der Waals surface area contributed by atoms with Gasteiger partial charge in [-0.3, -0.25) is 14.9 Å². The zero-order chi connectivity index (χ0) is 22.4. The van der Waals surface area contributed by atoms with Gasteiger partial charge in [0.2, 0.25) is 0 Å². The van der Waals surface area contributed by atoms with Crippen LogP contribution in [0.2, 0.25) is 10.0 Å². The lowest BCUT2D eigenvalue weighted by Crippen LogP contribution is -2.13. The summed E-state index contributed by atoms with van der Waals surface area (Å²) in [6.45, 7) is 0. The number of nitrogens with zero attached hydrogens (tertiary/aromatic N) is 4. The van der Waals surface area contributed by atoms with Gasteiger partial charge in [-0.05, 0) is 47.7 Å². The van der Waals surface area contributed by atoms with Crippen molar-refractivity contribution >= 4 is 58.3 Å². The second kappa shape index (κ2) is 10.0. The molecule has 0 saturated heterocycles. The zero-order valence-electron chi connectivity index (χ0n) is 15.5. The summed E-state index contributed by atoms with van der Waals surface area (Å²) < 4.78 is 0. The Balaban J connectivity index is 1.89. The van der Waals surface area contributed by atoms with Gasteiger partial charge in [-0.25, -0.2) is 9.97 Å². The first-order chi connectivity index (χ1) is 14.9. The van der Waals surface area contributed by atoms with E-state index in [9.17, 15) is 20.2 Å². The predicted molar refractivity (Wildman–Crippen MR) is 118 cm³/mol. The molecule has 31 heavy (non-hydrogen) atoms. The predicted octanol–water partition coefficient (Wildman–Crippen LogP) is 5.39. The first-order valence-corrected chi connectivity index (χ1v) is 10.1. The summed E-state index contributed by atoms with van der Waals surface area (Å²) >= 11 is 13.0. The monoisotopic (exact) mass is 471 g/mol. The Labute approximate surface area is 190 Å². The number of hydrogen-bond acceptors (Lipinski definition) is 7. The molecule has 1 N–H and O–H groups in total.